The van der Waals surface area contributed by atoms with Crippen LogP contribution in [0.25, 0.3) is 5.65 Å². The van der Waals surface area contributed by atoms with Gasteiger partial charge in [0.25, 0.3) is 0 Å². The van der Waals surface area contributed by atoms with Gasteiger partial charge in [-0.25, -0.2) is 9.50 Å². The summed E-state index contributed by atoms with van der Waals surface area (Å²) in [4.78, 5) is 4.76. The molecule has 0 spiro atoms. The number of hydrogen-bond acceptors (Lipinski definition) is 4. The van der Waals surface area contributed by atoms with E-state index in [0.717, 1.165) is 48.7 Å². The second-order valence-electron chi connectivity index (χ2n) is 8.46. The number of aromatic nitrogens is 3. The van der Waals surface area contributed by atoms with Crippen LogP contribution in [0.1, 0.15) is 67.5 Å². The SMILES string of the molecule is CCC(c1ccc(OCC2CCC(N)CC2)cc1)c1c(C)nn2ccc(C)nc12. The highest BCUT2D eigenvalue weighted by molar-refractivity contribution is 5.55. The number of benzene rings is 1. The molecule has 1 aliphatic carbocycles. The normalized spacial score (nSPS) is 20.7. The third-order valence-corrected chi connectivity index (χ3v) is 6.26. The lowest BCUT2D eigenvalue weighted by molar-refractivity contribution is 0.200. The second kappa shape index (κ2) is 8.54. The van der Waals surface area contributed by atoms with Gasteiger partial charge in [0.15, 0.2) is 5.65 Å². The average Bonchev–Trinajstić information content (AvgIpc) is 3.04. The molecular formula is C24H32N4O. The molecule has 29 heavy (non-hydrogen) atoms. The highest BCUT2D eigenvalue weighted by Crippen LogP contribution is 2.33. The molecule has 0 amide bonds. The molecule has 0 saturated heterocycles. The van der Waals surface area contributed by atoms with Crippen molar-refractivity contribution in [2.45, 2.75) is 64.8 Å². The van der Waals surface area contributed by atoms with E-state index in [1.165, 1.54) is 24.0 Å². The number of rotatable bonds is 6. The molecule has 2 N–H and O–H groups in total. The quantitative estimate of drug-likeness (QED) is 0.655. The van der Waals surface area contributed by atoms with E-state index in [2.05, 4.69) is 43.2 Å². The molecule has 4 rings (SSSR count). The van der Waals surface area contributed by atoms with Gasteiger partial charge < -0.3 is 10.5 Å². The zero-order valence-electron chi connectivity index (χ0n) is 17.8. The summed E-state index contributed by atoms with van der Waals surface area (Å²) in [7, 11) is 0. The Morgan fingerprint density at radius 2 is 1.83 bits per heavy atom. The summed E-state index contributed by atoms with van der Waals surface area (Å²) in [6.45, 7) is 7.12. The number of nitrogens with zero attached hydrogens (tertiary/aromatic N) is 3. The molecule has 1 fully saturated rings. The third-order valence-electron chi connectivity index (χ3n) is 6.26. The first-order valence-corrected chi connectivity index (χ1v) is 10.9. The summed E-state index contributed by atoms with van der Waals surface area (Å²) in [5.41, 5.74) is 11.5. The first-order chi connectivity index (χ1) is 14.0. The molecule has 1 saturated carbocycles. The van der Waals surface area contributed by atoms with Crippen molar-refractivity contribution in [2.24, 2.45) is 11.7 Å². The summed E-state index contributed by atoms with van der Waals surface area (Å²) in [5, 5.41) is 4.67. The Morgan fingerprint density at radius 3 is 2.52 bits per heavy atom. The molecule has 0 aliphatic heterocycles. The van der Waals surface area contributed by atoms with Crippen molar-refractivity contribution >= 4 is 5.65 Å². The van der Waals surface area contributed by atoms with Gasteiger partial charge in [-0.2, -0.15) is 5.10 Å². The molecule has 1 unspecified atom stereocenters. The maximum atomic E-state index is 6.08. The molecule has 1 atom stereocenters. The largest absolute Gasteiger partial charge is 0.493 e. The maximum Gasteiger partial charge on any atom is 0.159 e. The number of nitrogens with two attached hydrogens (primary N) is 1. The van der Waals surface area contributed by atoms with Gasteiger partial charge in [-0.1, -0.05) is 19.1 Å². The number of ether oxygens (including phenoxy) is 1. The highest BCUT2D eigenvalue weighted by Gasteiger charge is 2.22. The van der Waals surface area contributed by atoms with Crippen molar-refractivity contribution in [2.75, 3.05) is 6.61 Å². The van der Waals surface area contributed by atoms with E-state index in [9.17, 15) is 0 Å². The lowest BCUT2D eigenvalue weighted by Gasteiger charge is -2.26. The first kappa shape index (κ1) is 19.9. The molecule has 2 heterocycles. The minimum absolute atomic E-state index is 0.274. The van der Waals surface area contributed by atoms with Crippen molar-refractivity contribution in [3.05, 3.63) is 59.0 Å². The Balaban J connectivity index is 1.50. The van der Waals surface area contributed by atoms with Gasteiger partial charge in [-0.3, -0.25) is 0 Å². The zero-order valence-corrected chi connectivity index (χ0v) is 17.8. The molecular weight excluding hydrogens is 360 g/mol. The lowest BCUT2D eigenvalue weighted by Crippen LogP contribution is -2.28. The summed E-state index contributed by atoms with van der Waals surface area (Å²) >= 11 is 0. The Morgan fingerprint density at radius 1 is 1.10 bits per heavy atom. The van der Waals surface area contributed by atoms with Gasteiger partial charge >= 0.3 is 0 Å². The van der Waals surface area contributed by atoms with E-state index >= 15 is 0 Å². The minimum atomic E-state index is 0.274. The van der Waals surface area contributed by atoms with Crippen LogP contribution in [0.15, 0.2) is 36.5 Å². The fourth-order valence-electron chi connectivity index (χ4n) is 4.53. The van der Waals surface area contributed by atoms with E-state index in [0.29, 0.717) is 12.0 Å². The zero-order chi connectivity index (χ0) is 20.4. The van der Waals surface area contributed by atoms with Crippen LogP contribution in [0.2, 0.25) is 0 Å². The average molecular weight is 393 g/mol. The Labute approximate surface area is 173 Å². The van der Waals surface area contributed by atoms with Crippen LogP contribution in [0, 0.1) is 19.8 Å². The Hall–Kier alpha value is -2.40. The molecule has 5 heteroatoms. The van der Waals surface area contributed by atoms with E-state index < -0.39 is 0 Å². The predicted molar refractivity (Wildman–Crippen MR) is 116 cm³/mol. The third kappa shape index (κ3) is 4.30. The van der Waals surface area contributed by atoms with E-state index in [1.54, 1.807) is 0 Å². The fourth-order valence-corrected chi connectivity index (χ4v) is 4.53. The molecule has 5 nitrogen and oxygen atoms in total. The minimum Gasteiger partial charge on any atom is -0.493 e. The van der Waals surface area contributed by atoms with E-state index in [4.69, 9.17) is 15.5 Å². The monoisotopic (exact) mass is 392 g/mol. The van der Waals surface area contributed by atoms with Crippen LogP contribution < -0.4 is 10.5 Å². The van der Waals surface area contributed by atoms with Crippen molar-refractivity contribution in [1.29, 1.82) is 0 Å². The lowest BCUT2D eigenvalue weighted by atomic mass is 9.87. The van der Waals surface area contributed by atoms with Gasteiger partial charge in [-0.05, 0) is 75.6 Å². The van der Waals surface area contributed by atoms with Crippen LogP contribution >= 0.6 is 0 Å². The highest BCUT2D eigenvalue weighted by atomic mass is 16.5. The van der Waals surface area contributed by atoms with Crippen molar-refractivity contribution < 1.29 is 4.74 Å². The number of aryl methyl sites for hydroxylation is 2. The van der Waals surface area contributed by atoms with Crippen LogP contribution in [0.5, 0.6) is 5.75 Å². The van der Waals surface area contributed by atoms with Crippen molar-refractivity contribution in [1.82, 2.24) is 14.6 Å². The van der Waals surface area contributed by atoms with Gasteiger partial charge in [-0.15, -0.1) is 0 Å². The molecule has 0 bridgehead atoms. The van der Waals surface area contributed by atoms with Crippen LogP contribution in [-0.2, 0) is 0 Å². The van der Waals surface area contributed by atoms with Crippen molar-refractivity contribution in [3.8, 4) is 5.75 Å². The Kier molecular flexibility index (Phi) is 5.86. The molecule has 3 aromatic rings. The molecule has 1 aliphatic rings. The predicted octanol–water partition coefficient (Wildman–Crippen LogP) is 4.78. The summed E-state index contributed by atoms with van der Waals surface area (Å²) in [6, 6.07) is 11.0. The summed E-state index contributed by atoms with van der Waals surface area (Å²) < 4.78 is 7.98. The second-order valence-corrected chi connectivity index (χ2v) is 8.46. The van der Waals surface area contributed by atoms with Gasteiger partial charge in [0.1, 0.15) is 5.75 Å². The summed E-state index contributed by atoms with van der Waals surface area (Å²) in [5.74, 6) is 1.85. The van der Waals surface area contributed by atoms with Gasteiger partial charge in [0.2, 0.25) is 0 Å². The van der Waals surface area contributed by atoms with E-state index in [1.807, 2.05) is 23.7 Å². The molecule has 2 aromatic heterocycles. The van der Waals surface area contributed by atoms with Crippen LogP contribution in [-0.4, -0.2) is 27.2 Å². The summed E-state index contributed by atoms with van der Waals surface area (Å²) in [6.07, 6.45) is 7.60. The number of hydrogen-bond donors (Lipinski definition) is 1. The van der Waals surface area contributed by atoms with Crippen LogP contribution in [0.3, 0.4) is 0 Å². The smallest absolute Gasteiger partial charge is 0.159 e. The van der Waals surface area contributed by atoms with Gasteiger partial charge in [0, 0.05) is 29.4 Å². The fraction of sp³-hybridized carbons (Fsp3) is 0.500. The standard InChI is InChI=1S/C24H32N4O/c1-4-22(23-17(3)27-28-14-13-16(2)26-24(23)28)19-7-11-21(12-8-19)29-15-18-5-9-20(25)10-6-18/h7-8,11-14,18,20,22H,4-6,9-10,15,25H2,1-3H3. The molecule has 0 radical (unpaired) electrons. The molecule has 154 valence electrons. The topological polar surface area (TPSA) is 65.4 Å². The van der Waals surface area contributed by atoms with Gasteiger partial charge in [0.05, 0.1) is 12.3 Å². The number of fused-ring (bicyclic) bond motifs is 1. The first-order valence-electron chi connectivity index (χ1n) is 10.9. The van der Waals surface area contributed by atoms with Crippen molar-refractivity contribution in [3.63, 3.8) is 0 Å². The Bertz CT molecular complexity index is 955. The van der Waals surface area contributed by atoms with E-state index in [-0.39, 0.29) is 5.92 Å². The molecule has 1 aromatic carbocycles. The van der Waals surface area contributed by atoms with Crippen LogP contribution in [0.4, 0.5) is 0 Å². The maximum absolute atomic E-state index is 6.08.